The molecule has 1 heterocycles. The molecule has 1 fully saturated rings. The van der Waals surface area contributed by atoms with E-state index < -0.39 is 0 Å². The second-order valence-corrected chi connectivity index (χ2v) is 6.98. The van der Waals surface area contributed by atoms with Gasteiger partial charge in [0.05, 0.1) is 5.92 Å². The minimum atomic E-state index is 0.0922. The van der Waals surface area contributed by atoms with Crippen molar-refractivity contribution < 1.29 is 4.79 Å². The zero-order chi connectivity index (χ0) is 14.7. The average Bonchev–Trinajstić information content (AvgIpc) is 2.79. The summed E-state index contributed by atoms with van der Waals surface area (Å²) < 4.78 is 0. The zero-order valence-electron chi connectivity index (χ0n) is 12.6. The predicted octanol–water partition coefficient (Wildman–Crippen LogP) is 4.27. The molecule has 1 amide bonds. The van der Waals surface area contributed by atoms with Gasteiger partial charge in [-0.25, -0.2) is 0 Å². The number of rotatable bonds is 2. The van der Waals surface area contributed by atoms with Gasteiger partial charge in [-0.15, -0.1) is 0 Å². The number of amides is 1. The van der Waals surface area contributed by atoms with Crippen molar-refractivity contribution in [2.75, 3.05) is 11.9 Å². The normalized spacial score (nSPS) is 26.0. The van der Waals surface area contributed by atoms with Crippen molar-refractivity contribution in [1.29, 1.82) is 0 Å². The molecular weight excluding hydrogens is 326 g/mol. The Bertz CT molecular complexity index is 502. The highest BCUT2D eigenvalue weighted by atomic mass is 79.9. The lowest BCUT2D eigenvalue weighted by Crippen LogP contribution is -2.44. The number of halogens is 1. The van der Waals surface area contributed by atoms with Crippen LogP contribution in [0.3, 0.4) is 0 Å². The van der Waals surface area contributed by atoms with Crippen LogP contribution in [0.4, 0.5) is 0 Å². The Balaban J connectivity index is 1.84. The fraction of sp³-hybridized carbons (Fsp3) is 0.611. The largest absolute Gasteiger partial charge is 0.338 e. The molecule has 2 unspecified atom stereocenters. The standard InChI is InChI=1S/C18H24BrNO/c19-13-15-9-2-1-5-12-20(15)18(21)17-11-6-8-14-7-3-4-10-16(14)17/h3-4,7,10,15,17H,1-2,5-6,8-9,11-13H2. The molecule has 21 heavy (non-hydrogen) atoms. The van der Waals surface area contributed by atoms with E-state index in [4.69, 9.17) is 0 Å². The lowest BCUT2D eigenvalue weighted by molar-refractivity contribution is -0.135. The minimum absolute atomic E-state index is 0.0922. The molecule has 1 aromatic carbocycles. The molecule has 0 N–H and O–H groups in total. The molecule has 0 bridgehead atoms. The van der Waals surface area contributed by atoms with Gasteiger partial charge in [-0.1, -0.05) is 53.0 Å². The van der Waals surface area contributed by atoms with Gasteiger partial charge in [0.1, 0.15) is 0 Å². The molecule has 1 aromatic rings. The van der Waals surface area contributed by atoms with Crippen molar-refractivity contribution in [3.05, 3.63) is 35.4 Å². The number of alkyl halides is 1. The van der Waals surface area contributed by atoms with E-state index in [0.717, 1.165) is 44.0 Å². The summed E-state index contributed by atoms with van der Waals surface area (Å²) in [5.74, 6) is 0.461. The summed E-state index contributed by atoms with van der Waals surface area (Å²) in [6.07, 6.45) is 8.09. The van der Waals surface area contributed by atoms with E-state index in [9.17, 15) is 4.79 Å². The Hall–Kier alpha value is -0.830. The number of hydrogen-bond donors (Lipinski definition) is 0. The highest BCUT2D eigenvalue weighted by Gasteiger charge is 2.33. The lowest BCUT2D eigenvalue weighted by atomic mass is 9.82. The van der Waals surface area contributed by atoms with Gasteiger partial charge >= 0.3 is 0 Å². The number of carbonyl (C=O) groups excluding carboxylic acids is 1. The van der Waals surface area contributed by atoms with Crippen LogP contribution in [0.25, 0.3) is 0 Å². The van der Waals surface area contributed by atoms with Crippen molar-refractivity contribution in [3.8, 4) is 0 Å². The lowest BCUT2D eigenvalue weighted by Gasteiger charge is -2.34. The number of aryl methyl sites for hydroxylation is 1. The second kappa shape index (κ2) is 6.95. The van der Waals surface area contributed by atoms with E-state index in [-0.39, 0.29) is 5.92 Å². The molecule has 2 nitrogen and oxygen atoms in total. The molecule has 2 aliphatic rings. The molecule has 2 atom stereocenters. The number of nitrogens with zero attached hydrogens (tertiary/aromatic N) is 1. The molecule has 1 aliphatic carbocycles. The summed E-state index contributed by atoms with van der Waals surface area (Å²) in [4.78, 5) is 15.3. The third-order valence-corrected chi connectivity index (χ3v) is 5.75. The van der Waals surface area contributed by atoms with E-state index in [0.29, 0.717) is 11.9 Å². The third kappa shape index (κ3) is 3.18. The predicted molar refractivity (Wildman–Crippen MR) is 89.9 cm³/mol. The summed E-state index contributed by atoms with van der Waals surface area (Å²) in [5, 5.41) is 0.910. The number of carbonyl (C=O) groups is 1. The summed E-state index contributed by atoms with van der Waals surface area (Å²) >= 11 is 3.62. The number of benzene rings is 1. The number of fused-ring (bicyclic) bond motifs is 1. The van der Waals surface area contributed by atoms with Gasteiger partial charge in [-0.2, -0.15) is 0 Å². The molecule has 3 heteroatoms. The van der Waals surface area contributed by atoms with Gasteiger partial charge in [0, 0.05) is 17.9 Å². The van der Waals surface area contributed by atoms with Crippen molar-refractivity contribution in [1.82, 2.24) is 4.90 Å². The first kappa shape index (κ1) is 15.1. The summed E-state index contributed by atoms with van der Waals surface area (Å²) in [6.45, 7) is 0.938. The van der Waals surface area contributed by atoms with Crippen LogP contribution in [-0.2, 0) is 11.2 Å². The van der Waals surface area contributed by atoms with E-state index in [2.05, 4.69) is 45.1 Å². The van der Waals surface area contributed by atoms with E-state index in [1.165, 1.54) is 24.0 Å². The van der Waals surface area contributed by atoms with Crippen LogP contribution in [0.1, 0.15) is 55.6 Å². The maximum absolute atomic E-state index is 13.1. The van der Waals surface area contributed by atoms with Crippen LogP contribution in [-0.4, -0.2) is 28.7 Å². The quantitative estimate of drug-likeness (QED) is 0.730. The molecule has 3 rings (SSSR count). The van der Waals surface area contributed by atoms with Gasteiger partial charge in [-0.3, -0.25) is 4.79 Å². The highest BCUT2D eigenvalue weighted by molar-refractivity contribution is 9.09. The fourth-order valence-corrected chi connectivity index (χ4v) is 4.51. The maximum Gasteiger partial charge on any atom is 0.230 e. The van der Waals surface area contributed by atoms with E-state index >= 15 is 0 Å². The SMILES string of the molecule is O=C(C1CCCc2ccccc21)N1CCCCCC1CBr. The first-order valence-electron chi connectivity index (χ1n) is 8.25. The van der Waals surface area contributed by atoms with Gasteiger partial charge in [0.25, 0.3) is 0 Å². The van der Waals surface area contributed by atoms with Gasteiger partial charge in [-0.05, 0) is 43.2 Å². The minimum Gasteiger partial charge on any atom is -0.338 e. The first-order valence-corrected chi connectivity index (χ1v) is 9.37. The van der Waals surface area contributed by atoms with Crippen molar-refractivity contribution in [3.63, 3.8) is 0 Å². The number of hydrogen-bond acceptors (Lipinski definition) is 1. The fourth-order valence-electron chi connectivity index (χ4n) is 3.84. The highest BCUT2D eigenvalue weighted by Crippen LogP contribution is 2.34. The van der Waals surface area contributed by atoms with Crippen LogP contribution in [0.15, 0.2) is 24.3 Å². The van der Waals surface area contributed by atoms with Crippen LogP contribution in [0, 0.1) is 0 Å². The van der Waals surface area contributed by atoms with Crippen LogP contribution in [0.2, 0.25) is 0 Å². The first-order chi connectivity index (χ1) is 10.3. The Labute approximate surface area is 136 Å². The summed E-state index contributed by atoms with van der Waals surface area (Å²) in [7, 11) is 0. The Morgan fingerprint density at radius 3 is 2.86 bits per heavy atom. The van der Waals surface area contributed by atoms with Gasteiger partial charge in [0.2, 0.25) is 5.91 Å². The summed E-state index contributed by atoms with van der Waals surface area (Å²) in [6, 6.07) is 8.92. The maximum atomic E-state index is 13.1. The second-order valence-electron chi connectivity index (χ2n) is 6.33. The Kier molecular flexibility index (Phi) is 4.99. The van der Waals surface area contributed by atoms with Gasteiger partial charge < -0.3 is 4.90 Å². The third-order valence-electron chi connectivity index (χ3n) is 5.01. The number of likely N-dealkylation sites (tertiary alicyclic amines) is 1. The molecule has 114 valence electrons. The van der Waals surface area contributed by atoms with E-state index in [1.807, 2.05) is 0 Å². The van der Waals surface area contributed by atoms with Gasteiger partial charge in [0.15, 0.2) is 0 Å². The van der Waals surface area contributed by atoms with Crippen molar-refractivity contribution >= 4 is 21.8 Å². The Morgan fingerprint density at radius 1 is 1.14 bits per heavy atom. The topological polar surface area (TPSA) is 20.3 Å². The molecule has 1 saturated heterocycles. The van der Waals surface area contributed by atoms with Crippen LogP contribution >= 0.6 is 15.9 Å². The van der Waals surface area contributed by atoms with E-state index in [1.54, 1.807) is 0 Å². The van der Waals surface area contributed by atoms with Crippen molar-refractivity contribution in [2.24, 2.45) is 0 Å². The zero-order valence-corrected chi connectivity index (χ0v) is 14.1. The molecule has 0 radical (unpaired) electrons. The average molecular weight is 350 g/mol. The molecule has 0 saturated carbocycles. The molecular formula is C18H24BrNO. The molecule has 0 aromatic heterocycles. The Morgan fingerprint density at radius 2 is 2.00 bits per heavy atom. The van der Waals surface area contributed by atoms with Crippen molar-refractivity contribution in [2.45, 2.75) is 56.9 Å². The monoisotopic (exact) mass is 349 g/mol. The molecule has 0 spiro atoms. The summed E-state index contributed by atoms with van der Waals surface area (Å²) in [5.41, 5.74) is 2.67. The smallest absolute Gasteiger partial charge is 0.230 e. The van der Waals surface area contributed by atoms with Crippen LogP contribution in [0.5, 0.6) is 0 Å². The van der Waals surface area contributed by atoms with Crippen LogP contribution < -0.4 is 0 Å². The molecule has 1 aliphatic heterocycles.